The molecule has 0 aliphatic carbocycles. The summed E-state index contributed by atoms with van der Waals surface area (Å²) in [4.78, 5) is 19.3. The Balaban J connectivity index is 1.60. The number of ether oxygens (including phenoxy) is 1. The number of carbonyl (C=O) groups excluding carboxylic acids is 1. The second-order valence-corrected chi connectivity index (χ2v) is 7.43. The van der Waals surface area contributed by atoms with Crippen LogP contribution >= 0.6 is 0 Å². The van der Waals surface area contributed by atoms with Gasteiger partial charge in [0.25, 0.3) is 0 Å². The minimum absolute atomic E-state index is 0.0837. The third-order valence-corrected chi connectivity index (χ3v) is 5.16. The molecule has 3 rings (SSSR count). The minimum Gasteiger partial charge on any atom is -0.494 e. The van der Waals surface area contributed by atoms with E-state index >= 15 is 0 Å². The van der Waals surface area contributed by atoms with Crippen molar-refractivity contribution in [2.24, 2.45) is 4.99 Å². The van der Waals surface area contributed by atoms with Gasteiger partial charge in [-0.25, -0.2) is 4.99 Å². The Bertz CT molecular complexity index is 895. The summed E-state index contributed by atoms with van der Waals surface area (Å²) in [5.74, 6) is 1.58. The molecule has 1 amide bonds. The van der Waals surface area contributed by atoms with Crippen molar-refractivity contribution in [3.05, 3.63) is 64.7 Å². The predicted molar refractivity (Wildman–Crippen MR) is 121 cm³/mol. The fourth-order valence-electron chi connectivity index (χ4n) is 3.57. The highest BCUT2D eigenvalue weighted by atomic mass is 16.5. The lowest BCUT2D eigenvalue weighted by atomic mass is 10.00. The van der Waals surface area contributed by atoms with Crippen LogP contribution in [0.3, 0.4) is 0 Å². The van der Waals surface area contributed by atoms with E-state index in [2.05, 4.69) is 39.9 Å². The molecule has 2 N–H and O–H groups in total. The topological polar surface area (TPSA) is 66.0 Å². The van der Waals surface area contributed by atoms with E-state index in [0.29, 0.717) is 25.7 Å². The van der Waals surface area contributed by atoms with Crippen LogP contribution in [0.1, 0.15) is 36.1 Å². The second kappa shape index (κ2) is 10.7. The number of hydrogen-bond acceptors (Lipinski definition) is 3. The zero-order chi connectivity index (χ0) is 21.3. The first-order valence-corrected chi connectivity index (χ1v) is 10.7. The minimum atomic E-state index is 0.0837. The molecule has 1 aliphatic rings. The number of carbonyl (C=O) groups is 1. The molecule has 0 saturated heterocycles. The summed E-state index contributed by atoms with van der Waals surface area (Å²) in [7, 11) is 0. The van der Waals surface area contributed by atoms with Gasteiger partial charge in [-0.1, -0.05) is 36.4 Å². The van der Waals surface area contributed by atoms with Gasteiger partial charge in [0.2, 0.25) is 5.91 Å². The maximum atomic E-state index is 12.7. The molecule has 6 nitrogen and oxygen atoms in total. The van der Waals surface area contributed by atoms with Crippen molar-refractivity contribution in [1.29, 1.82) is 0 Å². The molecule has 160 valence electrons. The first-order chi connectivity index (χ1) is 14.6. The van der Waals surface area contributed by atoms with Gasteiger partial charge in [0, 0.05) is 25.2 Å². The fraction of sp³-hybridized carbons (Fsp3) is 0.417. The van der Waals surface area contributed by atoms with E-state index in [0.717, 1.165) is 36.4 Å². The molecular formula is C24H32N4O2. The molecule has 2 aromatic carbocycles. The summed E-state index contributed by atoms with van der Waals surface area (Å²) in [6, 6.07) is 14.5. The number of aryl methyl sites for hydroxylation is 1. The maximum Gasteiger partial charge on any atom is 0.242 e. The van der Waals surface area contributed by atoms with Crippen LogP contribution in [-0.2, 0) is 24.3 Å². The number of aliphatic imine (C=N–C) groups is 1. The summed E-state index contributed by atoms with van der Waals surface area (Å²) in [6.45, 7) is 9.51. The number of rotatable bonds is 7. The number of fused-ring (bicyclic) bond motifs is 1. The van der Waals surface area contributed by atoms with E-state index in [1.807, 2.05) is 43.9 Å². The molecule has 0 atom stereocenters. The SMILES string of the molecule is CCNC(=NCc1ccc(C)cc1OCC)NCC(=O)N1CCc2ccccc2C1. The first-order valence-electron chi connectivity index (χ1n) is 10.7. The van der Waals surface area contributed by atoms with Gasteiger partial charge in [0.05, 0.1) is 19.7 Å². The zero-order valence-electron chi connectivity index (χ0n) is 18.2. The summed E-state index contributed by atoms with van der Waals surface area (Å²) < 4.78 is 5.75. The van der Waals surface area contributed by atoms with Gasteiger partial charge in [-0.2, -0.15) is 0 Å². The predicted octanol–water partition coefficient (Wildman–Crippen LogP) is 3.03. The van der Waals surface area contributed by atoms with Crippen LogP contribution in [0.2, 0.25) is 0 Å². The molecule has 0 spiro atoms. The van der Waals surface area contributed by atoms with E-state index < -0.39 is 0 Å². The summed E-state index contributed by atoms with van der Waals surface area (Å²) in [5, 5.41) is 6.40. The summed E-state index contributed by atoms with van der Waals surface area (Å²) in [6.07, 6.45) is 0.906. The third kappa shape index (κ3) is 5.75. The smallest absolute Gasteiger partial charge is 0.242 e. The molecule has 1 aliphatic heterocycles. The zero-order valence-corrected chi connectivity index (χ0v) is 18.2. The average molecular weight is 409 g/mol. The van der Waals surface area contributed by atoms with E-state index in [1.54, 1.807) is 0 Å². The highest BCUT2D eigenvalue weighted by Gasteiger charge is 2.20. The van der Waals surface area contributed by atoms with Gasteiger partial charge in [0.1, 0.15) is 5.75 Å². The lowest BCUT2D eigenvalue weighted by molar-refractivity contribution is -0.130. The largest absolute Gasteiger partial charge is 0.494 e. The molecule has 1 heterocycles. The third-order valence-electron chi connectivity index (χ3n) is 5.16. The van der Waals surface area contributed by atoms with Crippen LogP contribution in [0, 0.1) is 6.92 Å². The molecule has 30 heavy (non-hydrogen) atoms. The van der Waals surface area contributed by atoms with Crippen LogP contribution in [0.5, 0.6) is 5.75 Å². The standard InChI is InChI=1S/C24H32N4O2/c1-4-25-24(26-15-20-11-10-18(3)14-22(20)30-5-2)27-16-23(29)28-13-12-19-8-6-7-9-21(19)17-28/h6-11,14H,4-5,12-13,15-17H2,1-3H3,(H2,25,26,27). The molecule has 0 radical (unpaired) electrons. The highest BCUT2D eigenvalue weighted by Crippen LogP contribution is 2.21. The maximum absolute atomic E-state index is 12.7. The molecule has 2 aromatic rings. The summed E-state index contributed by atoms with van der Waals surface area (Å²) in [5.41, 5.74) is 4.76. The Morgan fingerprint density at radius 2 is 1.93 bits per heavy atom. The number of amides is 1. The van der Waals surface area contributed by atoms with Crippen molar-refractivity contribution in [3.8, 4) is 5.75 Å². The number of guanidine groups is 1. The van der Waals surface area contributed by atoms with E-state index in [4.69, 9.17) is 4.74 Å². The Morgan fingerprint density at radius 3 is 2.70 bits per heavy atom. The number of benzene rings is 2. The molecule has 0 saturated carbocycles. The lowest BCUT2D eigenvalue weighted by Crippen LogP contribution is -2.45. The number of hydrogen-bond donors (Lipinski definition) is 2. The Labute approximate surface area is 179 Å². The Kier molecular flexibility index (Phi) is 7.71. The molecule has 0 fully saturated rings. The van der Waals surface area contributed by atoms with E-state index in [1.165, 1.54) is 11.1 Å². The first kappa shape index (κ1) is 21.7. The second-order valence-electron chi connectivity index (χ2n) is 7.43. The van der Waals surface area contributed by atoms with Gasteiger partial charge in [0.15, 0.2) is 5.96 Å². The van der Waals surface area contributed by atoms with Gasteiger partial charge in [-0.05, 0) is 49.9 Å². The van der Waals surface area contributed by atoms with Crippen LogP contribution in [0.25, 0.3) is 0 Å². The highest BCUT2D eigenvalue weighted by molar-refractivity contribution is 5.86. The van der Waals surface area contributed by atoms with E-state index in [9.17, 15) is 4.79 Å². The van der Waals surface area contributed by atoms with Gasteiger partial charge in [-0.15, -0.1) is 0 Å². The van der Waals surface area contributed by atoms with Gasteiger partial charge >= 0.3 is 0 Å². The quantitative estimate of drug-likeness (QED) is 0.546. The van der Waals surface area contributed by atoms with Crippen molar-refractivity contribution in [2.45, 2.75) is 40.3 Å². The lowest BCUT2D eigenvalue weighted by Gasteiger charge is -2.29. The van der Waals surface area contributed by atoms with Gasteiger partial charge in [-0.3, -0.25) is 4.79 Å². The van der Waals surface area contributed by atoms with Crippen molar-refractivity contribution in [2.75, 3.05) is 26.2 Å². The van der Waals surface area contributed by atoms with Crippen LogP contribution in [0.15, 0.2) is 47.5 Å². The molecule has 0 unspecified atom stereocenters. The van der Waals surface area contributed by atoms with Crippen LogP contribution in [0.4, 0.5) is 0 Å². The molecular weight excluding hydrogens is 376 g/mol. The normalized spacial score (nSPS) is 13.6. The van der Waals surface area contributed by atoms with Crippen molar-refractivity contribution in [1.82, 2.24) is 15.5 Å². The van der Waals surface area contributed by atoms with Gasteiger partial charge < -0.3 is 20.3 Å². The average Bonchev–Trinajstić information content (AvgIpc) is 2.76. The molecule has 0 bridgehead atoms. The number of nitrogens with one attached hydrogen (secondary N) is 2. The van der Waals surface area contributed by atoms with E-state index in [-0.39, 0.29) is 12.5 Å². The fourth-order valence-corrected chi connectivity index (χ4v) is 3.57. The number of nitrogens with zero attached hydrogens (tertiary/aromatic N) is 2. The van der Waals surface area contributed by atoms with Crippen molar-refractivity contribution < 1.29 is 9.53 Å². The molecule has 0 aromatic heterocycles. The van der Waals surface area contributed by atoms with Crippen LogP contribution < -0.4 is 15.4 Å². The van der Waals surface area contributed by atoms with Crippen LogP contribution in [-0.4, -0.2) is 43.0 Å². The van der Waals surface area contributed by atoms with Crippen molar-refractivity contribution in [3.63, 3.8) is 0 Å². The molecule has 6 heteroatoms. The monoisotopic (exact) mass is 408 g/mol. The summed E-state index contributed by atoms with van der Waals surface area (Å²) >= 11 is 0. The Morgan fingerprint density at radius 1 is 1.13 bits per heavy atom. The Hall–Kier alpha value is -3.02. The van der Waals surface area contributed by atoms with Crippen molar-refractivity contribution >= 4 is 11.9 Å².